The molecule has 0 aliphatic carbocycles. The summed E-state index contributed by atoms with van der Waals surface area (Å²) in [4.78, 5) is 0. The zero-order valence-corrected chi connectivity index (χ0v) is 22.7. The summed E-state index contributed by atoms with van der Waals surface area (Å²) < 4.78 is 6.35. The molecule has 0 saturated heterocycles. The Balaban J connectivity index is 1.34. The maximum atomic E-state index is 6.35. The fraction of sp³-hybridized carbons (Fsp3) is 0. The zero-order valence-electron chi connectivity index (χ0n) is 21.8. The third kappa shape index (κ3) is 3.82. The van der Waals surface area contributed by atoms with Crippen molar-refractivity contribution in [2.75, 3.05) is 0 Å². The second-order valence-electron chi connectivity index (χ2n) is 10.2. The first-order chi connectivity index (χ1) is 19.8. The molecule has 0 spiro atoms. The van der Waals surface area contributed by atoms with Crippen LogP contribution in [0.5, 0.6) is 0 Å². The molecule has 0 atom stereocenters. The third-order valence-corrected chi connectivity index (χ3v) is 10.2. The molecule has 0 saturated carbocycles. The SMILES string of the molecule is c1ccc(P(c2ccccc2)c2ccc3oc4ccc(-c5cc6ccccc6c6ccccc56)cc4c3c2)cc1. The van der Waals surface area contributed by atoms with Crippen molar-refractivity contribution < 1.29 is 4.42 Å². The monoisotopic (exact) mass is 528 g/mol. The number of hydrogen-bond donors (Lipinski definition) is 0. The lowest BCUT2D eigenvalue weighted by atomic mass is 9.93. The molecule has 2 heteroatoms. The van der Waals surface area contributed by atoms with Crippen molar-refractivity contribution >= 4 is 67.3 Å². The molecule has 0 radical (unpaired) electrons. The minimum atomic E-state index is -0.692. The summed E-state index contributed by atoms with van der Waals surface area (Å²) in [5.74, 6) is 0. The summed E-state index contributed by atoms with van der Waals surface area (Å²) >= 11 is 0. The maximum absolute atomic E-state index is 6.35. The number of rotatable bonds is 4. The summed E-state index contributed by atoms with van der Waals surface area (Å²) in [6.07, 6.45) is 0. The fourth-order valence-electron chi connectivity index (χ4n) is 5.97. The van der Waals surface area contributed by atoms with Gasteiger partial charge in [-0.3, -0.25) is 0 Å². The molecule has 0 fully saturated rings. The molecule has 0 N–H and O–H groups in total. The lowest BCUT2D eigenvalue weighted by Crippen LogP contribution is -2.20. The van der Waals surface area contributed by atoms with E-state index in [4.69, 9.17) is 4.42 Å². The quantitative estimate of drug-likeness (QED) is 0.164. The van der Waals surface area contributed by atoms with Gasteiger partial charge in [-0.25, -0.2) is 0 Å². The Kier molecular flexibility index (Phi) is 5.50. The fourth-order valence-corrected chi connectivity index (χ4v) is 8.28. The van der Waals surface area contributed by atoms with Gasteiger partial charge in [-0.05, 0) is 86.8 Å². The minimum Gasteiger partial charge on any atom is -0.456 e. The molecule has 8 rings (SSSR count). The van der Waals surface area contributed by atoms with E-state index in [2.05, 4.69) is 152 Å². The van der Waals surface area contributed by atoms with Gasteiger partial charge in [-0.15, -0.1) is 0 Å². The molecule has 0 bridgehead atoms. The highest BCUT2D eigenvalue weighted by molar-refractivity contribution is 7.79. The average molecular weight is 529 g/mol. The van der Waals surface area contributed by atoms with Crippen LogP contribution in [0.3, 0.4) is 0 Å². The van der Waals surface area contributed by atoms with Crippen molar-refractivity contribution in [1.82, 2.24) is 0 Å². The van der Waals surface area contributed by atoms with E-state index in [9.17, 15) is 0 Å². The summed E-state index contributed by atoms with van der Waals surface area (Å²) in [5.41, 5.74) is 4.30. The molecule has 0 amide bonds. The Hall–Kier alpha value is -4.71. The number of benzene rings is 7. The molecule has 188 valence electrons. The highest BCUT2D eigenvalue weighted by Gasteiger charge is 2.19. The molecule has 7 aromatic carbocycles. The summed E-state index contributed by atoms with van der Waals surface area (Å²) in [5, 5.41) is 11.4. The Morgan fingerprint density at radius 2 is 0.950 bits per heavy atom. The van der Waals surface area contributed by atoms with E-state index in [0.29, 0.717) is 0 Å². The lowest BCUT2D eigenvalue weighted by Gasteiger charge is -2.19. The van der Waals surface area contributed by atoms with E-state index < -0.39 is 7.92 Å². The van der Waals surface area contributed by atoms with Crippen molar-refractivity contribution in [1.29, 1.82) is 0 Å². The average Bonchev–Trinajstić information content (AvgIpc) is 3.39. The lowest BCUT2D eigenvalue weighted by molar-refractivity contribution is 0.669. The van der Waals surface area contributed by atoms with E-state index >= 15 is 0 Å². The Labute approximate surface area is 234 Å². The highest BCUT2D eigenvalue weighted by Crippen LogP contribution is 2.39. The van der Waals surface area contributed by atoms with Gasteiger partial charge in [0.05, 0.1) is 0 Å². The molecule has 1 heterocycles. The van der Waals surface area contributed by atoms with Crippen molar-refractivity contribution in [3.05, 3.63) is 152 Å². The molecular weight excluding hydrogens is 503 g/mol. The number of furan rings is 1. The van der Waals surface area contributed by atoms with Crippen LogP contribution in [0.1, 0.15) is 0 Å². The van der Waals surface area contributed by atoms with Crippen LogP contribution < -0.4 is 15.9 Å². The van der Waals surface area contributed by atoms with E-state index in [-0.39, 0.29) is 0 Å². The first kappa shape index (κ1) is 23.2. The molecule has 1 aromatic heterocycles. The smallest absolute Gasteiger partial charge is 0.135 e. The Morgan fingerprint density at radius 1 is 0.375 bits per heavy atom. The van der Waals surface area contributed by atoms with Gasteiger partial charge in [0.1, 0.15) is 11.2 Å². The topological polar surface area (TPSA) is 13.1 Å². The van der Waals surface area contributed by atoms with Gasteiger partial charge in [0.15, 0.2) is 0 Å². The van der Waals surface area contributed by atoms with Crippen LogP contribution in [0.4, 0.5) is 0 Å². The van der Waals surface area contributed by atoms with E-state index in [1.165, 1.54) is 54.0 Å². The second-order valence-corrected chi connectivity index (χ2v) is 12.4. The van der Waals surface area contributed by atoms with Crippen LogP contribution in [0, 0.1) is 0 Å². The van der Waals surface area contributed by atoms with Crippen LogP contribution in [0.25, 0.3) is 54.6 Å². The third-order valence-electron chi connectivity index (χ3n) is 7.82. The number of fused-ring (bicyclic) bond motifs is 6. The summed E-state index contributed by atoms with van der Waals surface area (Å²) in [6.45, 7) is 0. The molecule has 0 aliphatic heterocycles. The number of hydrogen-bond acceptors (Lipinski definition) is 1. The van der Waals surface area contributed by atoms with Crippen LogP contribution in [-0.2, 0) is 0 Å². The molecule has 0 aliphatic rings. The van der Waals surface area contributed by atoms with Gasteiger partial charge < -0.3 is 4.42 Å². The molecular formula is C38H25OP. The van der Waals surface area contributed by atoms with Crippen molar-refractivity contribution in [3.8, 4) is 11.1 Å². The first-order valence-corrected chi connectivity index (χ1v) is 15.0. The van der Waals surface area contributed by atoms with Gasteiger partial charge in [0.25, 0.3) is 0 Å². The highest BCUT2D eigenvalue weighted by atomic mass is 31.1. The van der Waals surface area contributed by atoms with Crippen molar-refractivity contribution in [2.45, 2.75) is 0 Å². The second kappa shape index (κ2) is 9.49. The molecule has 1 nitrogen and oxygen atoms in total. The standard InChI is InChI=1S/C38H25OP/c1-3-12-28(13-4-1)40(29-14-5-2-6-15-29)30-20-22-38-36(25-30)35-24-27(19-21-37(35)39-38)34-23-26-11-7-8-16-31(26)32-17-9-10-18-33(32)34/h1-25H. The summed E-state index contributed by atoms with van der Waals surface area (Å²) in [7, 11) is -0.692. The van der Waals surface area contributed by atoms with Crippen LogP contribution in [-0.4, -0.2) is 0 Å². The van der Waals surface area contributed by atoms with E-state index in [1.54, 1.807) is 0 Å². The first-order valence-electron chi connectivity index (χ1n) is 13.6. The Bertz CT molecular complexity index is 2120. The van der Waals surface area contributed by atoms with Gasteiger partial charge in [0, 0.05) is 10.8 Å². The van der Waals surface area contributed by atoms with E-state index in [0.717, 1.165) is 16.6 Å². The largest absolute Gasteiger partial charge is 0.456 e. The normalized spacial score (nSPS) is 11.7. The maximum Gasteiger partial charge on any atom is 0.135 e. The van der Waals surface area contributed by atoms with Crippen molar-refractivity contribution in [3.63, 3.8) is 0 Å². The van der Waals surface area contributed by atoms with Crippen LogP contribution in [0.2, 0.25) is 0 Å². The van der Waals surface area contributed by atoms with Crippen LogP contribution >= 0.6 is 7.92 Å². The van der Waals surface area contributed by atoms with Crippen LogP contribution in [0.15, 0.2) is 156 Å². The van der Waals surface area contributed by atoms with Gasteiger partial charge in [0.2, 0.25) is 0 Å². The summed E-state index contributed by atoms with van der Waals surface area (Å²) in [6, 6.07) is 54.8. The zero-order chi connectivity index (χ0) is 26.5. The van der Waals surface area contributed by atoms with Crippen molar-refractivity contribution in [2.24, 2.45) is 0 Å². The molecule has 40 heavy (non-hydrogen) atoms. The van der Waals surface area contributed by atoms with Gasteiger partial charge in [-0.2, -0.15) is 0 Å². The van der Waals surface area contributed by atoms with Gasteiger partial charge >= 0.3 is 0 Å². The van der Waals surface area contributed by atoms with Gasteiger partial charge in [-0.1, -0.05) is 121 Å². The predicted molar refractivity (Wildman–Crippen MR) is 173 cm³/mol. The minimum absolute atomic E-state index is 0.692. The predicted octanol–water partition coefficient (Wildman–Crippen LogP) is 9.32. The molecule has 0 unspecified atom stereocenters. The Morgan fingerprint density at radius 3 is 1.68 bits per heavy atom. The van der Waals surface area contributed by atoms with E-state index in [1.807, 2.05) is 0 Å². The molecule has 8 aromatic rings.